The van der Waals surface area contributed by atoms with Crippen molar-refractivity contribution in [2.45, 2.75) is 31.7 Å². The number of Topliss-reactive ketones (excluding diaryl/α,β-unsaturated/α-hetero) is 1. The molecule has 19 heavy (non-hydrogen) atoms. The average Bonchev–Trinajstić information content (AvgIpc) is 2.63. The summed E-state index contributed by atoms with van der Waals surface area (Å²) in [7, 11) is 0. The summed E-state index contributed by atoms with van der Waals surface area (Å²) in [5.74, 6) is -0.247. The van der Waals surface area contributed by atoms with Crippen molar-refractivity contribution in [1.82, 2.24) is 4.90 Å². The predicted octanol–water partition coefficient (Wildman–Crippen LogP) is 2.56. The van der Waals surface area contributed by atoms with Crippen LogP contribution in [0.25, 0.3) is 0 Å². The average molecular weight is 322 g/mol. The number of imide groups is 1. The fourth-order valence-corrected chi connectivity index (χ4v) is 3.11. The van der Waals surface area contributed by atoms with Crippen molar-refractivity contribution in [1.29, 1.82) is 0 Å². The lowest BCUT2D eigenvalue weighted by Gasteiger charge is -2.28. The minimum absolute atomic E-state index is 0.135. The van der Waals surface area contributed by atoms with Gasteiger partial charge in [-0.1, -0.05) is 15.9 Å². The van der Waals surface area contributed by atoms with Crippen molar-refractivity contribution in [3.63, 3.8) is 0 Å². The number of nitrogens with zero attached hydrogens (tertiary/aromatic N) is 1. The van der Waals surface area contributed by atoms with Crippen LogP contribution in [0.4, 0.5) is 0 Å². The lowest BCUT2D eigenvalue weighted by atomic mass is 9.93. The van der Waals surface area contributed by atoms with Gasteiger partial charge in [0.15, 0.2) is 0 Å². The Bertz CT molecular complexity index is 586. The first kappa shape index (κ1) is 12.5. The molecule has 1 heterocycles. The number of fused-ring (bicyclic) bond motifs is 1. The van der Waals surface area contributed by atoms with Crippen LogP contribution in [-0.4, -0.2) is 28.5 Å². The number of carbonyl (C=O) groups is 3. The molecule has 1 aliphatic carbocycles. The van der Waals surface area contributed by atoms with E-state index in [4.69, 9.17) is 0 Å². The molecule has 5 heteroatoms. The maximum Gasteiger partial charge on any atom is 0.261 e. The smallest absolute Gasteiger partial charge is 0.261 e. The zero-order valence-electron chi connectivity index (χ0n) is 10.2. The summed E-state index contributed by atoms with van der Waals surface area (Å²) in [4.78, 5) is 37.2. The van der Waals surface area contributed by atoms with Gasteiger partial charge < -0.3 is 0 Å². The number of ketones is 1. The molecular formula is C14H12BrNO3. The summed E-state index contributed by atoms with van der Waals surface area (Å²) in [6, 6.07) is 4.98. The molecule has 0 aromatic heterocycles. The summed E-state index contributed by atoms with van der Waals surface area (Å²) >= 11 is 3.31. The number of rotatable bonds is 1. The van der Waals surface area contributed by atoms with Crippen molar-refractivity contribution in [2.75, 3.05) is 0 Å². The topological polar surface area (TPSA) is 54.5 Å². The Labute approximate surface area is 118 Å². The maximum atomic E-state index is 12.3. The van der Waals surface area contributed by atoms with Crippen LogP contribution in [0.3, 0.4) is 0 Å². The molecule has 0 radical (unpaired) electrons. The second-order valence-electron chi connectivity index (χ2n) is 4.94. The van der Waals surface area contributed by atoms with Crippen LogP contribution in [0.2, 0.25) is 0 Å². The summed E-state index contributed by atoms with van der Waals surface area (Å²) in [6.45, 7) is 0. The van der Waals surface area contributed by atoms with Crippen LogP contribution < -0.4 is 0 Å². The van der Waals surface area contributed by atoms with Crippen LogP contribution in [0.1, 0.15) is 46.4 Å². The zero-order valence-corrected chi connectivity index (χ0v) is 11.8. The van der Waals surface area contributed by atoms with E-state index in [2.05, 4.69) is 15.9 Å². The fourth-order valence-electron chi connectivity index (χ4n) is 2.75. The highest BCUT2D eigenvalue weighted by Gasteiger charge is 2.40. The lowest BCUT2D eigenvalue weighted by molar-refractivity contribution is -0.121. The van der Waals surface area contributed by atoms with Crippen molar-refractivity contribution in [2.24, 2.45) is 0 Å². The van der Waals surface area contributed by atoms with Crippen LogP contribution >= 0.6 is 15.9 Å². The molecule has 0 saturated heterocycles. The minimum atomic E-state index is -0.236. The molecule has 0 N–H and O–H groups in total. The molecule has 1 aromatic rings. The third-order valence-corrected chi connectivity index (χ3v) is 4.25. The second kappa shape index (κ2) is 4.56. The molecule has 0 atom stereocenters. The largest absolute Gasteiger partial charge is 0.300 e. The standard InChI is InChI=1S/C14H12BrNO3/c15-8-1-6-11-12(7-8)14(19)16(13(11)18)9-2-4-10(17)5-3-9/h1,6-7,9H,2-5H2. The van der Waals surface area contributed by atoms with Gasteiger partial charge >= 0.3 is 0 Å². The van der Waals surface area contributed by atoms with E-state index in [9.17, 15) is 14.4 Å². The Hall–Kier alpha value is -1.49. The van der Waals surface area contributed by atoms with Gasteiger partial charge in [0.25, 0.3) is 11.8 Å². The highest BCUT2D eigenvalue weighted by atomic mass is 79.9. The molecule has 2 aliphatic rings. The Balaban J connectivity index is 1.92. The first-order valence-electron chi connectivity index (χ1n) is 6.27. The van der Waals surface area contributed by atoms with Crippen LogP contribution in [-0.2, 0) is 4.79 Å². The SMILES string of the molecule is O=C1CCC(N2C(=O)c3ccc(Br)cc3C2=O)CC1. The normalized spacial score (nSPS) is 20.1. The van der Waals surface area contributed by atoms with Crippen molar-refractivity contribution >= 4 is 33.5 Å². The fraction of sp³-hybridized carbons (Fsp3) is 0.357. The maximum absolute atomic E-state index is 12.3. The quantitative estimate of drug-likeness (QED) is 0.747. The molecule has 98 valence electrons. The van der Waals surface area contributed by atoms with E-state index in [-0.39, 0.29) is 23.6 Å². The molecule has 3 rings (SSSR count). The van der Waals surface area contributed by atoms with Gasteiger partial charge in [-0.3, -0.25) is 19.3 Å². The van der Waals surface area contributed by atoms with Crippen molar-refractivity contribution in [3.8, 4) is 0 Å². The third-order valence-electron chi connectivity index (χ3n) is 3.76. The van der Waals surface area contributed by atoms with Gasteiger partial charge in [-0.25, -0.2) is 0 Å². The van der Waals surface area contributed by atoms with E-state index in [0.717, 1.165) is 4.47 Å². The van der Waals surface area contributed by atoms with E-state index >= 15 is 0 Å². The molecule has 0 bridgehead atoms. The highest BCUT2D eigenvalue weighted by Crippen LogP contribution is 2.31. The van der Waals surface area contributed by atoms with Gasteiger partial charge in [-0.2, -0.15) is 0 Å². The summed E-state index contributed by atoms with van der Waals surface area (Å²) < 4.78 is 0.785. The number of hydrogen-bond donors (Lipinski definition) is 0. The van der Waals surface area contributed by atoms with Gasteiger partial charge in [0.2, 0.25) is 0 Å². The molecule has 1 aliphatic heterocycles. The molecule has 0 spiro atoms. The number of amides is 2. The molecule has 1 fully saturated rings. The number of benzene rings is 1. The van der Waals surface area contributed by atoms with Crippen molar-refractivity contribution in [3.05, 3.63) is 33.8 Å². The van der Waals surface area contributed by atoms with Gasteiger partial charge in [-0.05, 0) is 31.0 Å². The zero-order chi connectivity index (χ0) is 13.6. The number of halogens is 1. The van der Waals surface area contributed by atoms with E-state index < -0.39 is 0 Å². The summed E-state index contributed by atoms with van der Waals surface area (Å²) in [5.41, 5.74) is 0.918. The van der Waals surface area contributed by atoms with Gasteiger partial charge in [0.05, 0.1) is 11.1 Å². The van der Waals surface area contributed by atoms with E-state index in [1.807, 2.05) is 0 Å². The molecule has 4 nitrogen and oxygen atoms in total. The second-order valence-corrected chi connectivity index (χ2v) is 5.86. The Morgan fingerprint density at radius 1 is 1.00 bits per heavy atom. The molecule has 1 saturated carbocycles. The van der Waals surface area contributed by atoms with E-state index in [1.54, 1.807) is 18.2 Å². The van der Waals surface area contributed by atoms with E-state index in [0.29, 0.717) is 36.8 Å². The van der Waals surface area contributed by atoms with E-state index in [1.165, 1.54) is 4.90 Å². The van der Waals surface area contributed by atoms with Crippen LogP contribution in [0, 0.1) is 0 Å². The molecule has 0 unspecified atom stereocenters. The third kappa shape index (κ3) is 2.02. The van der Waals surface area contributed by atoms with Crippen LogP contribution in [0.15, 0.2) is 22.7 Å². The van der Waals surface area contributed by atoms with Crippen molar-refractivity contribution < 1.29 is 14.4 Å². The number of carbonyl (C=O) groups excluding carboxylic acids is 3. The lowest BCUT2D eigenvalue weighted by Crippen LogP contribution is -2.42. The monoisotopic (exact) mass is 321 g/mol. The molecule has 1 aromatic carbocycles. The Morgan fingerprint density at radius 2 is 1.63 bits per heavy atom. The summed E-state index contributed by atoms with van der Waals surface area (Å²) in [6.07, 6.45) is 2.10. The predicted molar refractivity (Wildman–Crippen MR) is 71.9 cm³/mol. The first-order chi connectivity index (χ1) is 9.08. The van der Waals surface area contributed by atoms with Gasteiger partial charge in [-0.15, -0.1) is 0 Å². The van der Waals surface area contributed by atoms with Crippen LogP contribution in [0.5, 0.6) is 0 Å². The number of hydrogen-bond acceptors (Lipinski definition) is 3. The Morgan fingerprint density at radius 3 is 2.32 bits per heavy atom. The van der Waals surface area contributed by atoms with Gasteiger partial charge in [0, 0.05) is 23.4 Å². The summed E-state index contributed by atoms with van der Waals surface area (Å²) in [5, 5.41) is 0. The van der Waals surface area contributed by atoms with Gasteiger partial charge in [0.1, 0.15) is 5.78 Å². The first-order valence-corrected chi connectivity index (χ1v) is 7.06. The molecular weight excluding hydrogens is 310 g/mol. The minimum Gasteiger partial charge on any atom is -0.300 e. The highest BCUT2D eigenvalue weighted by molar-refractivity contribution is 9.10. The molecule has 2 amide bonds. The Kier molecular flexibility index (Phi) is 3.01.